The van der Waals surface area contributed by atoms with Gasteiger partial charge < -0.3 is 19.7 Å². The molecule has 0 aromatic heterocycles. The number of anilines is 1. The van der Waals surface area contributed by atoms with E-state index >= 15 is 0 Å². The third-order valence-electron chi connectivity index (χ3n) is 7.66. The molecule has 2 bridgehead atoms. The van der Waals surface area contributed by atoms with Gasteiger partial charge in [0.1, 0.15) is 24.6 Å². The van der Waals surface area contributed by atoms with Crippen LogP contribution in [0.4, 0.5) is 5.69 Å². The van der Waals surface area contributed by atoms with Crippen LogP contribution in [0.25, 0.3) is 0 Å². The van der Waals surface area contributed by atoms with Crippen LogP contribution in [0.5, 0.6) is 5.75 Å². The lowest BCUT2D eigenvalue weighted by Gasteiger charge is -2.55. The fraction of sp³-hybridized carbons (Fsp3) is 0.550. The lowest BCUT2D eigenvalue weighted by atomic mass is 9.55. The summed E-state index contributed by atoms with van der Waals surface area (Å²) in [5.41, 5.74) is 3.55. The Bertz CT molecular complexity index is 773. The first-order valence-electron chi connectivity index (χ1n) is 9.09. The van der Waals surface area contributed by atoms with E-state index in [0.29, 0.717) is 17.7 Å². The fourth-order valence-electron chi connectivity index (χ4n) is 6.66. The van der Waals surface area contributed by atoms with Crippen LogP contribution in [-0.4, -0.2) is 48.1 Å². The second-order valence-corrected chi connectivity index (χ2v) is 8.41. The Hall–Kier alpha value is -1.81. The van der Waals surface area contributed by atoms with Crippen LogP contribution < -0.4 is 5.32 Å². The van der Waals surface area contributed by atoms with Crippen molar-refractivity contribution in [1.29, 1.82) is 0 Å². The molecule has 4 nitrogen and oxygen atoms in total. The van der Waals surface area contributed by atoms with Gasteiger partial charge in [-0.05, 0) is 24.1 Å². The number of phenolic OH excluding ortho intramolecular Hbond substituents is 1. The van der Waals surface area contributed by atoms with Crippen molar-refractivity contribution in [2.45, 2.75) is 37.3 Å². The molecule has 2 saturated heterocycles. The van der Waals surface area contributed by atoms with Gasteiger partial charge in [0.2, 0.25) is 0 Å². The van der Waals surface area contributed by atoms with Crippen LogP contribution in [0, 0.1) is 11.8 Å². The van der Waals surface area contributed by atoms with E-state index in [1.807, 2.05) is 6.07 Å². The quantitative estimate of drug-likeness (QED) is 0.361. The Kier molecular flexibility index (Phi) is 2.68. The van der Waals surface area contributed by atoms with Crippen molar-refractivity contribution in [1.82, 2.24) is 0 Å². The molecule has 4 aliphatic rings. The molecule has 5 rings (SSSR count). The molecule has 1 spiro atoms. The van der Waals surface area contributed by atoms with Crippen molar-refractivity contribution in [2.24, 2.45) is 11.8 Å². The minimum atomic E-state index is -0.00975. The molecular formula is C20H25N2O2+. The summed E-state index contributed by atoms with van der Waals surface area (Å²) in [6, 6.07) is 6.52. The first kappa shape index (κ1) is 14.5. The van der Waals surface area contributed by atoms with E-state index < -0.39 is 0 Å². The average Bonchev–Trinajstić information content (AvgIpc) is 3.09. The van der Waals surface area contributed by atoms with Gasteiger partial charge in [0.05, 0.1) is 30.7 Å². The number of carbonyl (C=O) groups is 1. The molecule has 24 heavy (non-hydrogen) atoms. The highest BCUT2D eigenvalue weighted by atomic mass is 16.3. The zero-order valence-electron chi connectivity index (χ0n) is 14.3. The number of allylic oxidation sites excluding steroid dienone is 1. The molecule has 0 amide bonds. The summed E-state index contributed by atoms with van der Waals surface area (Å²) in [7, 11) is 2.39. The predicted molar refractivity (Wildman–Crippen MR) is 92.9 cm³/mol. The average molecular weight is 325 g/mol. The van der Waals surface area contributed by atoms with E-state index in [1.165, 1.54) is 17.4 Å². The summed E-state index contributed by atoms with van der Waals surface area (Å²) < 4.78 is 1.08. The van der Waals surface area contributed by atoms with Crippen LogP contribution in [0.1, 0.15) is 25.3 Å². The lowest BCUT2D eigenvalue weighted by Crippen LogP contribution is -2.67. The SMILES string of the molecule is C/C=C1\C[N+]2(C)CCC34c5cccc(O)c5NC3C(C=O)[C@H]1CC42. The summed E-state index contributed by atoms with van der Waals surface area (Å²) >= 11 is 0. The lowest BCUT2D eigenvalue weighted by molar-refractivity contribution is -0.924. The van der Waals surface area contributed by atoms with Crippen LogP contribution in [0.2, 0.25) is 0 Å². The number of aromatic hydroxyl groups is 1. The van der Waals surface area contributed by atoms with Crippen molar-refractivity contribution in [3.8, 4) is 5.75 Å². The van der Waals surface area contributed by atoms with Gasteiger partial charge in [0, 0.05) is 24.7 Å². The maximum Gasteiger partial charge on any atom is 0.138 e. The topological polar surface area (TPSA) is 49.3 Å². The number of quaternary nitrogens is 1. The minimum absolute atomic E-state index is 0.00824. The van der Waals surface area contributed by atoms with Gasteiger partial charge >= 0.3 is 0 Å². The van der Waals surface area contributed by atoms with Crippen molar-refractivity contribution in [3.05, 3.63) is 35.4 Å². The largest absolute Gasteiger partial charge is 0.506 e. The number of hydrogen-bond acceptors (Lipinski definition) is 3. The highest BCUT2D eigenvalue weighted by Gasteiger charge is 2.71. The fourth-order valence-corrected chi connectivity index (χ4v) is 6.66. The van der Waals surface area contributed by atoms with E-state index in [2.05, 4.69) is 31.4 Å². The molecule has 5 unspecified atom stereocenters. The van der Waals surface area contributed by atoms with Gasteiger partial charge in [-0.15, -0.1) is 0 Å². The summed E-state index contributed by atoms with van der Waals surface area (Å²) in [4.78, 5) is 12.1. The number of carbonyl (C=O) groups excluding carboxylic acids is 1. The Morgan fingerprint density at radius 3 is 3.00 bits per heavy atom. The molecule has 3 heterocycles. The molecule has 1 aliphatic carbocycles. The number of rotatable bonds is 1. The normalized spacial score (nSPS) is 46.3. The van der Waals surface area contributed by atoms with Gasteiger partial charge in [0.15, 0.2) is 0 Å². The minimum Gasteiger partial charge on any atom is -0.506 e. The first-order chi connectivity index (χ1) is 11.5. The van der Waals surface area contributed by atoms with E-state index in [0.717, 1.165) is 36.1 Å². The van der Waals surface area contributed by atoms with Gasteiger partial charge in [-0.1, -0.05) is 18.2 Å². The summed E-state index contributed by atoms with van der Waals surface area (Å²) in [6.45, 7) is 4.33. The third-order valence-corrected chi connectivity index (χ3v) is 7.66. The third kappa shape index (κ3) is 1.43. The van der Waals surface area contributed by atoms with E-state index in [4.69, 9.17) is 0 Å². The summed E-state index contributed by atoms with van der Waals surface area (Å²) in [6.07, 6.45) is 5.61. The number of hydrogen-bond donors (Lipinski definition) is 2. The maximum atomic E-state index is 12.1. The molecule has 4 heteroatoms. The second-order valence-electron chi connectivity index (χ2n) is 8.41. The smallest absolute Gasteiger partial charge is 0.138 e. The van der Waals surface area contributed by atoms with Crippen LogP contribution in [0.3, 0.4) is 0 Å². The van der Waals surface area contributed by atoms with Gasteiger partial charge in [-0.2, -0.15) is 0 Å². The molecule has 6 atom stereocenters. The monoisotopic (exact) mass is 325 g/mol. The van der Waals surface area contributed by atoms with E-state index in [1.54, 1.807) is 6.07 Å². The molecular weight excluding hydrogens is 300 g/mol. The van der Waals surface area contributed by atoms with Crippen molar-refractivity contribution < 1.29 is 14.4 Å². The maximum absolute atomic E-state index is 12.1. The standard InChI is InChI=1S/C20H24N2O2/c1-3-12-10-22(2)8-7-20-15-5-4-6-16(24)18(15)21-19(20)14(11-23)13(12)9-17(20)22/h3-6,11,13-14,17,19,21H,7-10H2,1-2H3/p+1/b12-3+/t13-,14?,17?,19?,20?,22?/m0/s1. The molecule has 3 aliphatic heterocycles. The van der Waals surface area contributed by atoms with Gasteiger partial charge in [-0.25, -0.2) is 0 Å². The zero-order chi connectivity index (χ0) is 16.7. The van der Waals surface area contributed by atoms with Crippen molar-refractivity contribution in [3.63, 3.8) is 0 Å². The first-order valence-corrected chi connectivity index (χ1v) is 9.09. The van der Waals surface area contributed by atoms with E-state index in [-0.39, 0.29) is 17.4 Å². The number of fused-ring (bicyclic) bond motifs is 2. The molecule has 126 valence electrons. The molecule has 1 aromatic carbocycles. The van der Waals surface area contributed by atoms with Crippen LogP contribution >= 0.6 is 0 Å². The highest BCUT2D eigenvalue weighted by Crippen LogP contribution is 2.63. The second kappa shape index (κ2) is 4.42. The number of benzene rings is 1. The Labute approximate surface area is 142 Å². The number of likely N-dealkylation sites (N-methyl/N-ethyl adjacent to an activating group) is 1. The van der Waals surface area contributed by atoms with E-state index in [9.17, 15) is 9.90 Å². The molecule has 2 N–H and O–H groups in total. The number of piperidine rings is 1. The Balaban J connectivity index is 1.76. The number of phenols is 1. The zero-order valence-corrected chi connectivity index (χ0v) is 14.3. The Morgan fingerprint density at radius 2 is 2.25 bits per heavy atom. The molecule has 1 aromatic rings. The molecule has 0 radical (unpaired) electrons. The summed E-state index contributed by atoms with van der Waals surface area (Å²) in [5.74, 6) is 0.665. The van der Waals surface area contributed by atoms with Crippen LogP contribution in [-0.2, 0) is 10.2 Å². The summed E-state index contributed by atoms with van der Waals surface area (Å²) in [5, 5.41) is 14.0. The molecule has 1 saturated carbocycles. The predicted octanol–water partition coefficient (Wildman–Crippen LogP) is 2.44. The number of nitrogens with one attached hydrogen (secondary N) is 1. The Morgan fingerprint density at radius 1 is 1.42 bits per heavy atom. The van der Waals surface area contributed by atoms with Gasteiger partial charge in [0.25, 0.3) is 0 Å². The van der Waals surface area contributed by atoms with Crippen molar-refractivity contribution in [2.75, 3.05) is 25.5 Å². The van der Waals surface area contributed by atoms with Crippen molar-refractivity contribution >= 4 is 12.0 Å². The number of aldehydes is 1. The highest BCUT2D eigenvalue weighted by molar-refractivity contribution is 5.74. The van der Waals surface area contributed by atoms with Gasteiger partial charge in [-0.3, -0.25) is 0 Å². The number of nitrogens with zero attached hydrogens (tertiary/aromatic N) is 1. The van der Waals surface area contributed by atoms with Crippen LogP contribution in [0.15, 0.2) is 29.8 Å². The molecule has 3 fully saturated rings. The number of para-hydroxylation sites is 1.